The van der Waals surface area contributed by atoms with E-state index in [1.54, 1.807) is 35.2 Å². The van der Waals surface area contributed by atoms with Gasteiger partial charge in [-0.05, 0) is 46.9 Å². The van der Waals surface area contributed by atoms with Crippen molar-refractivity contribution in [3.63, 3.8) is 0 Å². The first-order valence-corrected chi connectivity index (χ1v) is 14.8. The van der Waals surface area contributed by atoms with E-state index in [1.807, 2.05) is 68.4 Å². The number of furan rings is 1. The van der Waals surface area contributed by atoms with Gasteiger partial charge in [-0.3, -0.25) is 4.79 Å². The Kier molecular flexibility index (Phi) is 8.04. The van der Waals surface area contributed by atoms with E-state index >= 15 is 0 Å². The monoisotopic (exact) mass is 563 g/mol. The van der Waals surface area contributed by atoms with Gasteiger partial charge < -0.3 is 14.1 Å². The highest BCUT2D eigenvalue weighted by Gasteiger charge is 2.42. The summed E-state index contributed by atoms with van der Waals surface area (Å²) in [6.07, 6.45) is 3.35. The highest BCUT2D eigenvalue weighted by atomic mass is 32.2. The Bertz CT molecular complexity index is 1530. The number of hydrogen-bond donors (Lipinski definition) is 0. The molecular weight excluding hydrogens is 530 g/mol. The van der Waals surface area contributed by atoms with Crippen molar-refractivity contribution < 1.29 is 22.4 Å². The SMILES string of the molecule is COc1ccc(-c2ccc(CN3C(C(C)C)C(=O)N(Cc4cn(Cc5ccco5)nn4)CCS3(=O)=O)cc2)cc1. The Morgan fingerprint density at radius 3 is 2.33 bits per heavy atom. The van der Waals surface area contributed by atoms with Crippen molar-refractivity contribution >= 4 is 15.9 Å². The molecule has 2 aromatic carbocycles. The molecule has 1 fully saturated rings. The minimum atomic E-state index is -3.71. The van der Waals surface area contributed by atoms with Gasteiger partial charge in [-0.25, -0.2) is 13.1 Å². The summed E-state index contributed by atoms with van der Waals surface area (Å²) in [4.78, 5) is 15.4. The van der Waals surface area contributed by atoms with Crippen LogP contribution in [0.4, 0.5) is 0 Å². The average Bonchev–Trinajstić information content (AvgIpc) is 3.61. The number of benzene rings is 2. The van der Waals surface area contributed by atoms with Crippen LogP contribution in [-0.2, 0) is 34.5 Å². The van der Waals surface area contributed by atoms with E-state index in [2.05, 4.69) is 10.3 Å². The minimum absolute atomic E-state index is 0.0857. The van der Waals surface area contributed by atoms with Crippen LogP contribution >= 0.6 is 0 Å². The lowest BCUT2D eigenvalue weighted by molar-refractivity contribution is -0.136. The van der Waals surface area contributed by atoms with Gasteiger partial charge in [0.15, 0.2) is 0 Å². The van der Waals surface area contributed by atoms with Crippen LogP contribution in [0.5, 0.6) is 5.75 Å². The lowest BCUT2D eigenvalue weighted by Gasteiger charge is -2.32. The number of methoxy groups -OCH3 is 1. The van der Waals surface area contributed by atoms with Gasteiger partial charge in [0.05, 0.1) is 31.9 Å². The van der Waals surface area contributed by atoms with Crippen LogP contribution in [0.2, 0.25) is 0 Å². The van der Waals surface area contributed by atoms with Crippen LogP contribution in [0.1, 0.15) is 30.9 Å². The Labute approximate surface area is 234 Å². The molecule has 1 aliphatic heterocycles. The zero-order valence-corrected chi connectivity index (χ0v) is 23.6. The lowest BCUT2D eigenvalue weighted by Crippen LogP contribution is -2.49. The van der Waals surface area contributed by atoms with Crippen molar-refractivity contribution in [2.45, 2.75) is 39.5 Å². The smallest absolute Gasteiger partial charge is 0.241 e. The van der Waals surface area contributed by atoms with E-state index in [4.69, 9.17) is 9.15 Å². The molecule has 5 rings (SSSR count). The van der Waals surface area contributed by atoms with E-state index in [0.717, 1.165) is 28.2 Å². The fraction of sp³-hybridized carbons (Fsp3) is 0.345. The van der Waals surface area contributed by atoms with Gasteiger partial charge in [-0.15, -0.1) is 5.10 Å². The Morgan fingerprint density at radius 1 is 1.00 bits per heavy atom. The maximum absolute atomic E-state index is 13.8. The summed E-state index contributed by atoms with van der Waals surface area (Å²) < 4.78 is 40.6. The van der Waals surface area contributed by atoms with Gasteiger partial charge in [0.25, 0.3) is 0 Å². The molecule has 0 radical (unpaired) electrons. The number of sulfonamides is 1. The summed E-state index contributed by atoms with van der Waals surface area (Å²) >= 11 is 0. The number of carbonyl (C=O) groups excluding carboxylic acids is 1. The lowest BCUT2D eigenvalue weighted by atomic mass is 10.0. The Morgan fingerprint density at radius 2 is 1.70 bits per heavy atom. The van der Waals surface area contributed by atoms with Gasteiger partial charge in [0.1, 0.15) is 29.8 Å². The summed E-state index contributed by atoms with van der Waals surface area (Å²) in [6.45, 7) is 4.55. The van der Waals surface area contributed by atoms with Crippen LogP contribution in [0.25, 0.3) is 11.1 Å². The maximum Gasteiger partial charge on any atom is 0.241 e. The third kappa shape index (κ3) is 6.10. The van der Waals surface area contributed by atoms with Crippen molar-refractivity contribution in [3.8, 4) is 16.9 Å². The van der Waals surface area contributed by atoms with Gasteiger partial charge in [-0.1, -0.05) is 55.5 Å². The highest BCUT2D eigenvalue weighted by molar-refractivity contribution is 7.89. The third-order valence-corrected chi connectivity index (χ3v) is 8.80. The largest absolute Gasteiger partial charge is 0.497 e. The van der Waals surface area contributed by atoms with Gasteiger partial charge in [0.2, 0.25) is 15.9 Å². The van der Waals surface area contributed by atoms with Crippen molar-refractivity contribution in [2.75, 3.05) is 19.4 Å². The average molecular weight is 564 g/mol. The van der Waals surface area contributed by atoms with Crippen molar-refractivity contribution in [1.82, 2.24) is 24.2 Å². The number of amides is 1. The van der Waals surface area contributed by atoms with Crippen LogP contribution in [-0.4, -0.2) is 64.0 Å². The first-order valence-electron chi connectivity index (χ1n) is 13.2. The van der Waals surface area contributed by atoms with Crippen LogP contribution in [0.3, 0.4) is 0 Å². The number of aromatic nitrogens is 3. The molecule has 0 aliphatic carbocycles. The number of rotatable bonds is 9. The van der Waals surface area contributed by atoms with Gasteiger partial charge in [-0.2, -0.15) is 4.31 Å². The molecule has 10 nitrogen and oxygen atoms in total. The molecule has 0 bridgehead atoms. The predicted molar refractivity (Wildman–Crippen MR) is 150 cm³/mol. The van der Waals surface area contributed by atoms with Crippen LogP contribution < -0.4 is 4.74 Å². The van der Waals surface area contributed by atoms with E-state index < -0.39 is 16.1 Å². The fourth-order valence-electron chi connectivity index (χ4n) is 4.92. The zero-order chi connectivity index (χ0) is 28.3. The van der Waals surface area contributed by atoms with Gasteiger partial charge in [0, 0.05) is 13.1 Å². The molecule has 40 heavy (non-hydrogen) atoms. The van der Waals surface area contributed by atoms with Crippen molar-refractivity contribution in [3.05, 3.63) is 90.1 Å². The molecule has 1 atom stereocenters. The number of hydrogen-bond acceptors (Lipinski definition) is 7. The summed E-state index contributed by atoms with van der Waals surface area (Å²) in [7, 11) is -2.08. The second-order valence-corrected chi connectivity index (χ2v) is 12.3. The normalized spacial score (nSPS) is 17.8. The van der Waals surface area contributed by atoms with Crippen molar-refractivity contribution in [1.29, 1.82) is 0 Å². The second-order valence-electron chi connectivity index (χ2n) is 10.2. The van der Waals surface area contributed by atoms with Gasteiger partial charge >= 0.3 is 0 Å². The molecule has 0 N–H and O–H groups in total. The molecule has 0 saturated carbocycles. The molecule has 210 valence electrons. The summed E-state index contributed by atoms with van der Waals surface area (Å²) in [5.41, 5.74) is 3.44. The van der Waals surface area contributed by atoms with Crippen LogP contribution in [0, 0.1) is 5.92 Å². The molecule has 3 heterocycles. The number of nitrogens with zero attached hydrogens (tertiary/aromatic N) is 5. The van der Waals surface area contributed by atoms with Crippen molar-refractivity contribution in [2.24, 2.45) is 5.92 Å². The molecule has 1 amide bonds. The third-order valence-electron chi connectivity index (χ3n) is 7.04. The van der Waals surface area contributed by atoms with Crippen LogP contribution in [0.15, 0.2) is 77.5 Å². The summed E-state index contributed by atoms with van der Waals surface area (Å²) in [6, 6.07) is 18.3. The first-order chi connectivity index (χ1) is 19.2. The van der Waals surface area contributed by atoms with E-state index in [9.17, 15) is 13.2 Å². The molecule has 1 unspecified atom stereocenters. The summed E-state index contributed by atoms with van der Waals surface area (Å²) in [5, 5.41) is 8.33. The zero-order valence-electron chi connectivity index (χ0n) is 22.8. The fourth-order valence-corrected chi connectivity index (χ4v) is 6.63. The number of ether oxygens (including phenoxy) is 1. The topological polar surface area (TPSA) is 111 Å². The minimum Gasteiger partial charge on any atom is -0.497 e. The quantitative estimate of drug-likeness (QED) is 0.305. The number of carbonyl (C=O) groups is 1. The molecule has 11 heteroatoms. The highest BCUT2D eigenvalue weighted by Crippen LogP contribution is 2.27. The second kappa shape index (κ2) is 11.6. The molecule has 1 aliphatic rings. The molecule has 2 aromatic heterocycles. The molecule has 1 saturated heterocycles. The first kappa shape index (κ1) is 27.6. The summed E-state index contributed by atoms with van der Waals surface area (Å²) in [5.74, 6) is 0.902. The van der Waals surface area contributed by atoms with E-state index in [-0.39, 0.29) is 37.2 Å². The molecule has 4 aromatic rings. The van der Waals surface area contributed by atoms with E-state index in [1.165, 1.54) is 4.31 Å². The Balaban J connectivity index is 1.33. The van der Waals surface area contributed by atoms with E-state index in [0.29, 0.717) is 12.2 Å². The standard InChI is InChI=1S/C29H33N5O5S/c1-21(2)28-29(35)32(18-25-19-33(31-30-25)20-27-5-4-15-39-27)14-16-40(36,37)34(28)17-22-6-8-23(9-7-22)24-10-12-26(38-3)13-11-24/h4-13,15,19,21,28H,14,16-18,20H2,1-3H3. The Hall–Kier alpha value is -3.96. The molecule has 0 spiro atoms. The maximum atomic E-state index is 13.8. The molecular formula is C29H33N5O5S. The predicted octanol–water partition coefficient (Wildman–Crippen LogP) is 3.79.